The van der Waals surface area contributed by atoms with Gasteiger partial charge in [-0.3, -0.25) is 14.5 Å². The highest BCUT2D eigenvalue weighted by Crippen LogP contribution is 2.31. The van der Waals surface area contributed by atoms with Gasteiger partial charge in [-0.15, -0.1) is 5.10 Å². The minimum Gasteiger partial charge on any atom is -0.351 e. The molecule has 4 rings (SSSR count). The van der Waals surface area contributed by atoms with Gasteiger partial charge in [-0.2, -0.15) is 0 Å². The van der Waals surface area contributed by atoms with Crippen molar-refractivity contribution >= 4 is 29.0 Å². The lowest BCUT2D eigenvalue weighted by Gasteiger charge is -2.32. The summed E-state index contributed by atoms with van der Waals surface area (Å²) in [6.45, 7) is 1.96. The Balaban J connectivity index is 1.79. The van der Waals surface area contributed by atoms with Crippen LogP contribution in [0.4, 0.5) is 10.1 Å². The van der Waals surface area contributed by atoms with E-state index in [0.717, 1.165) is 42.8 Å². The molecule has 0 aliphatic heterocycles. The SMILES string of the molecule is Cc1ccc([C@H](C(=O)NC2CCCC2)N(C(=O)c2csnn2)c2ccc(F)cc2)cc1. The van der Waals surface area contributed by atoms with Crippen molar-refractivity contribution in [2.75, 3.05) is 4.90 Å². The van der Waals surface area contributed by atoms with Crippen LogP contribution >= 0.6 is 11.5 Å². The zero-order valence-corrected chi connectivity index (χ0v) is 17.9. The van der Waals surface area contributed by atoms with Crippen LogP contribution < -0.4 is 10.2 Å². The molecule has 0 radical (unpaired) electrons. The minimum absolute atomic E-state index is 0.0894. The Morgan fingerprint density at radius 3 is 2.39 bits per heavy atom. The number of hydrogen-bond acceptors (Lipinski definition) is 5. The largest absolute Gasteiger partial charge is 0.351 e. The molecule has 1 aliphatic rings. The van der Waals surface area contributed by atoms with E-state index in [-0.39, 0.29) is 17.6 Å². The first-order chi connectivity index (χ1) is 15.0. The molecule has 0 spiro atoms. The molecule has 31 heavy (non-hydrogen) atoms. The molecule has 1 fully saturated rings. The fourth-order valence-corrected chi connectivity index (χ4v) is 4.31. The summed E-state index contributed by atoms with van der Waals surface area (Å²) in [4.78, 5) is 28.4. The van der Waals surface area contributed by atoms with Crippen LogP contribution in [-0.2, 0) is 4.79 Å². The van der Waals surface area contributed by atoms with Crippen LogP contribution in [-0.4, -0.2) is 27.4 Å². The maximum Gasteiger partial charge on any atom is 0.280 e. The van der Waals surface area contributed by atoms with Crippen LogP contribution in [0.15, 0.2) is 53.9 Å². The molecule has 0 bridgehead atoms. The van der Waals surface area contributed by atoms with Crippen molar-refractivity contribution < 1.29 is 14.0 Å². The van der Waals surface area contributed by atoms with Crippen molar-refractivity contribution in [3.8, 4) is 0 Å². The van der Waals surface area contributed by atoms with E-state index in [1.54, 1.807) is 5.38 Å². The van der Waals surface area contributed by atoms with Crippen molar-refractivity contribution in [2.45, 2.75) is 44.7 Å². The van der Waals surface area contributed by atoms with Crippen molar-refractivity contribution in [3.05, 3.63) is 76.5 Å². The van der Waals surface area contributed by atoms with Crippen molar-refractivity contribution in [1.29, 1.82) is 0 Å². The molecule has 1 N–H and O–H groups in total. The Morgan fingerprint density at radius 2 is 1.77 bits per heavy atom. The van der Waals surface area contributed by atoms with Crippen molar-refractivity contribution in [1.82, 2.24) is 14.9 Å². The highest BCUT2D eigenvalue weighted by molar-refractivity contribution is 7.03. The van der Waals surface area contributed by atoms with Gasteiger partial charge in [0.25, 0.3) is 5.91 Å². The van der Waals surface area contributed by atoms with Gasteiger partial charge in [0, 0.05) is 17.1 Å². The normalized spacial score (nSPS) is 14.9. The number of halogens is 1. The Hall–Kier alpha value is -3.13. The van der Waals surface area contributed by atoms with Crippen LogP contribution in [0, 0.1) is 12.7 Å². The highest BCUT2D eigenvalue weighted by atomic mass is 32.1. The lowest BCUT2D eigenvalue weighted by atomic mass is 10.0. The van der Waals surface area contributed by atoms with Gasteiger partial charge >= 0.3 is 0 Å². The third-order valence-corrected chi connectivity index (χ3v) is 6.01. The Morgan fingerprint density at radius 1 is 1.10 bits per heavy atom. The third kappa shape index (κ3) is 4.80. The number of nitrogens with one attached hydrogen (secondary N) is 1. The fraction of sp³-hybridized carbons (Fsp3) is 0.304. The first kappa shape index (κ1) is 21.1. The molecule has 0 unspecified atom stereocenters. The monoisotopic (exact) mass is 438 g/mol. The maximum absolute atomic E-state index is 13.6. The van der Waals surface area contributed by atoms with Crippen LogP contribution in [0.1, 0.15) is 53.3 Å². The molecular formula is C23H23FN4O2S. The van der Waals surface area contributed by atoms with E-state index in [9.17, 15) is 14.0 Å². The number of carbonyl (C=O) groups is 2. The zero-order chi connectivity index (χ0) is 21.8. The molecule has 1 saturated carbocycles. The van der Waals surface area contributed by atoms with Gasteiger partial charge < -0.3 is 5.32 Å². The predicted molar refractivity (Wildman–Crippen MR) is 117 cm³/mol. The minimum atomic E-state index is -0.930. The van der Waals surface area contributed by atoms with E-state index in [0.29, 0.717) is 11.3 Å². The summed E-state index contributed by atoms with van der Waals surface area (Å²) in [5.41, 5.74) is 2.26. The number of benzene rings is 2. The van der Waals surface area contributed by atoms with E-state index in [1.165, 1.54) is 29.2 Å². The lowest BCUT2D eigenvalue weighted by Crippen LogP contribution is -2.46. The van der Waals surface area contributed by atoms with E-state index in [4.69, 9.17) is 0 Å². The quantitative estimate of drug-likeness (QED) is 0.618. The number of carbonyl (C=O) groups excluding carboxylic acids is 2. The van der Waals surface area contributed by atoms with Gasteiger partial charge in [0.2, 0.25) is 5.91 Å². The number of rotatable bonds is 6. The van der Waals surface area contributed by atoms with E-state index >= 15 is 0 Å². The van der Waals surface area contributed by atoms with Crippen LogP contribution in [0.5, 0.6) is 0 Å². The standard InChI is InChI=1S/C23H23FN4O2S/c1-15-6-8-16(9-7-15)21(22(29)25-18-4-2-3-5-18)28(19-12-10-17(24)11-13-19)23(30)20-14-31-27-26-20/h6-14,18,21H,2-5H2,1H3,(H,25,29)/t21-/m1/s1. The average molecular weight is 439 g/mol. The van der Waals surface area contributed by atoms with E-state index < -0.39 is 17.8 Å². The highest BCUT2D eigenvalue weighted by Gasteiger charge is 2.35. The molecule has 1 aromatic heterocycles. The van der Waals surface area contributed by atoms with Crippen LogP contribution in [0.2, 0.25) is 0 Å². The summed E-state index contributed by atoms with van der Waals surface area (Å²) < 4.78 is 17.4. The summed E-state index contributed by atoms with van der Waals surface area (Å²) in [6, 6.07) is 12.2. The molecule has 1 heterocycles. The molecule has 3 aromatic rings. The molecule has 1 aliphatic carbocycles. The maximum atomic E-state index is 13.6. The number of aromatic nitrogens is 2. The molecule has 1 atom stereocenters. The van der Waals surface area contributed by atoms with Gasteiger partial charge in [0.1, 0.15) is 11.9 Å². The molecule has 6 nitrogen and oxygen atoms in total. The Labute approximate surface area is 184 Å². The molecule has 8 heteroatoms. The topological polar surface area (TPSA) is 75.2 Å². The number of nitrogens with zero attached hydrogens (tertiary/aromatic N) is 3. The Kier molecular flexibility index (Phi) is 6.36. The smallest absolute Gasteiger partial charge is 0.280 e. The number of anilines is 1. The van der Waals surface area contributed by atoms with Crippen LogP contribution in [0.3, 0.4) is 0 Å². The fourth-order valence-electron chi connectivity index (χ4n) is 3.88. The lowest BCUT2D eigenvalue weighted by molar-refractivity contribution is -0.123. The average Bonchev–Trinajstić information content (AvgIpc) is 3.47. The zero-order valence-electron chi connectivity index (χ0n) is 17.1. The summed E-state index contributed by atoms with van der Waals surface area (Å²) in [7, 11) is 0. The van der Waals surface area contributed by atoms with Gasteiger partial charge in [-0.1, -0.05) is 47.2 Å². The van der Waals surface area contributed by atoms with E-state index in [2.05, 4.69) is 14.9 Å². The summed E-state index contributed by atoms with van der Waals surface area (Å²) in [5.74, 6) is -1.15. The second kappa shape index (κ2) is 9.34. The second-order valence-electron chi connectivity index (χ2n) is 7.74. The molecule has 2 amide bonds. The first-order valence-electron chi connectivity index (χ1n) is 10.3. The molecule has 0 saturated heterocycles. The van der Waals surface area contributed by atoms with Crippen LogP contribution in [0.25, 0.3) is 0 Å². The second-order valence-corrected chi connectivity index (χ2v) is 8.35. The number of aryl methyl sites for hydroxylation is 1. The van der Waals surface area contributed by atoms with Crippen molar-refractivity contribution in [2.24, 2.45) is 0 Å². The predicted octanol–water partition coefficient (Wildman–Crippen LogP) is 4.43. The molecule has 2 aromatic carbocycles. The number of hydrogen-bond donors (Lipinski definition) is 1. The molecular weight excluding hydrogens is 415 g/mol. The van der Waals surface area contributed by atoms with Gasteiger partial charge in [0.05, 0.1) is 0 Å². The Bertz CT molecular complexity index is 1030. The summed E-state index contributed by atoms with van der Waals surface area (Å²) >= 11 is 1.06. The van der Waals surface area contributed by atoms with Crippen molar-refractivity contribution in [3.63, 3.8) is 0 Å². The van der Waals surface area contributed by atoms with E-state index in [1.807, 2.05) is 31.2 Å². The van der Waals surface area contributed by atoms with Gasteiger partial charge in [0.15, 0.2) is 5.69 Å². The number of amides is 2. The summed E-state index contributed by atoms with van der Waals surface area (Å²) in [5, 5.41) is 8.56. The first-order valence-corrected chi connectivity index (χ1v) is 11.1. The summed E-state index contributed by atoms with van der Waals surface area (Å²) in [6.07, 6.45) is 4.00. The van der Waals surface area contributed by atoms with Gasteiger partial charge in [-0.25, -0.2) is 4.39 Å². The van der Waals surface area contributed by atoms with Gasteiger partial charge in [-0.05, 0) is 61.1 Å². The molecule has 160 valence electrons. The third-order valence-electron chi connectivity index (χ3n) is 5.50.